The first-order valence-corrected chi connectivity index (χ1v) is 6.28. The summed E-state index contributed by atoms with van der Waals surface area (Å²) >= 11 is 5.82. The summed E-state index contributed by atoms with van der Waals surface area (Å²) in [5, 5.41) is 3.42. The van der Waals surface area contributed by atoms with E-state index in [4.69, 9.17) is 16.0 Å². The van der Waals surface area contributed by atoms with Crippen LogP contribution in [0.1, 0.15) is 24.1 Å². The molecule has 1 aromatic carbocycles. The van der Waals surface area contributed by atoms with Crippen LogP contribution >= 0.6 is 11.6 Å². The van der Waals surface area contributed by atoms with E-state index in [-0.39, 0.29) is 16.9 Å². The molecule has 0 spiro atoms. The van der Waals surface area contributed by atoms with Crippen molar-refractivity contribution in [1.29, 1.82) is 0 Å². The van der Waals surface area contributed by atoms with Crippen molar-refractivity contribution in [2.75, 3.05) is 6.54 Å². The predicted molar refractivity (Wildman–Crippen MR) is 70.2 cm³/mol. The van der Waals surface area contributed by atoms with Crippen molar-refractivity contribution in [3.8, 4) is 0 Å². The molecular formula is C14H15ClFNO. The molecule has 0 saturated carbocycles. The maximum Gasteiger partial charge on any atom is 0.146 e. The first-order chi connectivity index (χ1) is 8.72. The Morgan fingerprint density at radius 2 is 2.22 bits per heavy atom. The normalized spacial score (nSPS) is 12.6. The van der Waals surface area contributed by atoms with Gasteiger partial charge >= 0.3 is 0 Å². The molecule has 1 atom stereocenters. The monoisotopic (exact) mass is 267 g/mol. The number of hydrogen-bond donors (Lipinski definition) is 1. The number of furan rings is 1. The summed E-state index contributed by atoms with van der Waals surface area (Å²) in [6.45, 7) is 2.75. The second kappa shape index (κ2) is 6.03. The van der Waals surface area contributed by atoms with Gasteiger partial charge in [-0.25, -0.2) is 4.39 Å². The van der Waals surface area contributed by atoms with Crippen LogP contribution < -0.4 is 5.32 Å². The Morgan fingerprint density at radius 1 is 1.39 bits per heavy atom. The molecule has 18 heavy (non-hydrogen) atoms. The highest BCUT2D eigenvalue weighted by molar-refractivity contribution is 6.30. The molecule has 0 radical (unpaired) electrons. The first-order valence-electron chi connectivity index (χ1n) is 5.90. The number of halogens is 2. The van der Waals surface area contributed by atoms with E-state index in [1.807, 2.05) is 13.0 Å². The standard InChI is InChI=1S/C14H15ClFNO/c1-2-17-13(8-10-6-7-18-9-10)11-4-3-5-12(15)14(11)16/h3-7,9,13,17H,2,8H2,1H3. The van der Waals surface area contributed by atoms with Gasteiger partial charge in [0, 0.05) is 11.6 Å². The Labute approximate surface area is 111 Å². The van der Waals surface area contributed by atoms with Gasteiger partial charge in [-0.15, -0.1) is 0 Å². The number of rotatable bonds is 5. The second-order valence-electron chi connectivity index (χ2n) is 4.09. The second-order valence-corrected chi connectivity index (χ2v) is 4.50. The third kappa shape index (κ3) is 2.92. The van der Waals surface area contributed by atoms with Gasteiger partial charge in [-0.05, 0) is 30.7 Å². The number of likely N-dealkylation sites (N-methyl/N-ethyl adjacent to an activating group) is 1. The molecule has 2 rings (SSSR count). The van der Waals surface area contributed by atoms with Crippen molar-refractivity contribution in [2.24, 2.45) is 0 Å². The molecule has 1 heterocycles. The molecule has 0 aliphatic heterocycles. The van der Waals surface area contributed by atoms with E-state index in [1.54, 1.807) is 30.7 Å². The highest BCUT2D eigenvalue weighted by Gasteiger charge is 2.17. The molecule has 1 unspecified atom stereocenters. The van der Waals surface area contributed by atoms with Gasteiger partial charge in [-0.1, -0.05) is 30.7 Å². The Kier molecular flexibility index (Phi) is 4.39. The lowest BCUT2D eigenvalue weighted by Gasteiger charge is -2.18. The van der Waals surface area contributed by atoms with Crippen LogP contribution in [0.5, 0.6) is 0 Å². The van der Waals surface area contributed by atoms with Crippen molar-refractivity contribution < 1.29 is 8.81 Å². The van der Waals surface area contributed by atoms with Gasteiger partial charge in [0.25, 0.3) is 0 Å². The molecule has 4 heteroatoms. The zero-order valence-corrected chi connectivity index (χ0v) is 10.9. The lowest BCUT2D eigenvalue weighted by atomic mass is 10.00. The molecule has 0 aliphatic rings. The summed E-state index contributed by atoms with van der Waals surface area (Å²) < 4.78 is 19.0. The lowest BCUT2D eigenvalue weighted by Crippen LogP contribution is -2.23. The molecule has 1 aromatic heterocycles. The summed E-state index contributed by atoms with van der Waals surface area (Å²) in [4.78, 5) is 0. The van der Waals surface area contributed by atoms with E-state index in [1.165, 1.54) is 0 Å². The minimum absolute atomic E-state index is 0.105. The van der Waals surface area contributed by atoms with E-state index < -0.39 is 0 Å². The highest BCUT2D eigenvalue weighted by Crippen LogP contribution is 2.26. The van der Waals surface area contributed by atoms with Crippen LogP contribution in [-0.2, 0) is 6.42 Å². The topological polar surface area (TPSA) is 25.2 Å². The lowest BCUT2D eigenvalue weighted by molar-refractivity contribution is 0.505. The maximum absolute atomic E-state index is 14.0. The summed E-state index contributed by atoms with van der Waals surface area (Å²) in [6, 6.07) is 6.86. The molecule has 0 saturated heterocycles. The molecule has 96 valence electrons. The van der Waals surface area contributed by atoms with E-state index in [0.717, 1.165) is 12.1 Å². The average Bonchev–Trinajstić information content (AvgIpc) is 2.85. The fourth-order valence-electron chi connectivity index (χ4n) is 1.97. The highest BCUT2D eigenvalue weighted by atomic mass is 35.5. The zero-order valence-electron chi connectivity index (χ0n) is 10.1. The molecule has 0 fully saturated rings. The van der Waals surface area contributed by atoms with Gasteiger partial charge in [0.15, 0.2) is 0 Å². The van der Waals surface area contributed by atoms with Crippen molar-refractivity contribution >= 4 is 11.6 Å². The van der Waals surface area contributed by atoms with Crippen LogP contribution in [0.25, 0.3) is 0 Å². The average molecular weight is 268 g/mol. The van der Waals surface area contributed by atoms with E-state index in [0.29, 0.717) is 12.0 Å². The third-order valence-corrected chi connectivity index (χ3v) is 3.12. The molecule has 0 bridgehead atoms. The van der Waals surface area contributed by atoms with Crippen LogP contribution in [0.3, 0.4) is 0 Å². The fourth-order valence-corrected chi connectivity index (χ4v) is 2.15. The Hall–Kier alpha value is -1.32. The molecule has 0 aliphatic carbocycles. The van der Waals surface area contributed by atoms with E-state index in [2.05, 4.69) is 5.32 Å². The maximum atomic E-state index is 14.0. The summed E-state index contributed by atoms with van der Waals surface area (Å²) in [6.07, 6.45) is 3.96. The van der Waals surface area contributed by atoms with E-state index >= 15 is 0 Å². The molecular weight excluding hydrogens is 253 g/mol. The van der Waals surface area contributed by atoms with Crippen LogP contribution in [0, 0.1) is 5.82 Å². The third-order valence-electron chi connectivity index (χ3n) is 2.83. The molecule has 1 N–H and O–H groups in total. The largest absolute Gasteiger partial charge is 0.472 e. The van der Waals surface area contributed by atoms with Crippen molar-refractivity contribution in [3.05, 3.63) is 58.8 Å². The number of benzene rings is 1. The van der Waals surface area contributed by atoms with Gasteiger partial charge < -0.3 is 9.73 Å². The van der Waals surface area contributed by atoms with Gasteiger partial charge in [-0.2, -0.15) is 0 Å². The molecule has 2 nitrogen and oxygen atoms in total. The SMILES string of the molecule is CCNC(Cc1ccoc1)c1cccc(Cl)c1F. The van der Waals surface area contributed by atoms with Crippen LogP contribution in [0.15, 0.2) is 41.2 Å². The minimum Gasteiger partial charge on any atom is -0.472 e. The molecule has 2 aromatic rings. The molecule has 0 amide bonds. The van der Waals surface area contributed by atoms with Crippen LogP contribution in [0.2, 0.25) is 5.02 Å². The van der Waals surface area contributed by atoms with Gasteiger partial charge in [0.2, 0.25) is 0 Å². The Morgan fingerprint density at radius 3 is 2.89 bits per heavy atom. The van der Waals surface area contributed by atoms with Gasteiger partial charge in [0.05, 0.1) is 17.5 Å². The van der Waals surface area contributed by atoms with Crippen molar-refractivity contribution in [3.63, 3.8) is 0 Å². The number of nitrogens with one attached hydrogen (secondary N) is 1. The van der Waals surface area contributed by atoms with Crippen molar-refractivity contribution in [1.82, 2.24) is 5.32 Å². The van der Waals surface area contributed by atoms with Gasteiger partial charge in [0.1, 0.15) is 5.82 Å². The van der Waals surface area contributed by atoms with Gasteiger partial charge in [-0.3, -0.25) is 0 Å². The summed E-state index contributed by atoms with van der Waals surface area (Å²) in [7, 11) is 0. The Bertz CT molecular complexity index is 499. The fraction of sp³-hybridized carbons (Fsp3) is 0.286. The van der Waals surface area contributed by atoms with Crippen molar-refractivity contribution in [2.45, 2.75) is 19.4 Å². The number of hydrogen-bond acceptors (Lipinski definition) is 2. The van der Waals surface area contributed by atoms with E-state index in [9.17, 15) is 4.39 Å². The Balaban J connectivity index is 2.26. The first kappa shape index (κ1) is 13.1. The zero-order chi connectivity index (χ0) is 13.0. The van der Waals surface area contributed by atoms with Crippen LogP contribution in [-0.4, -0.2) is 6.54 Å². The smallest absolute Gasteiger partial charge is 0.146 e. The summed E-state index contributed by atoms with van der Waals surface area (Å²) in [5.74, 6) is -0.353. The quantitative estimate of drug-likeness (QED) is 0.887. The van der Waals surface area contributed by atoms with Crippen LogP contribution in [0.4, 0.5) is 4.39 Å². The predicted octanol–water partition coefficient (Wildman–Crippen LogP) is 3.97. The summed E-state index contributed by atoms with van der Waals surface area (Å²) in [5.41, 5.74) is 1.62. The minimum atomic E-state index is -0.353.